The molecule has 0 radical (unpaired) electrons. The summed E-state index contributed by atoms with van der Waals surface area (Å²) in [5, 5.41) is 4.92. The summed E-state index contributed by atoms with van der Waals surface area (Å²) in [6.07, 6.45) is 1.45. The first-order valence-corrected chi connectivity index (χ1v) is 10.5. The van der Waals surface area contributed by atoms with E-state index in [-0.39, 0.29) is 6.61 Å². The van der Waals surface area contributed by atoms with Gasteiger partial charge in [0.15, 0.2) is 23.0 Å². The molecule has 33 heavy (non-hydrogen) atoms. The normalized spacial score (nSPS) is 10.7. The van der Waals surface area contributed by atoms with Crippen LogP contribution in [0, 0.1) is 0 Å². The highest BCUT2D eigenvalue weighted by Gasteiger charge is 2.13. The Morgan fingerprint density at radius 3 is 2.33 bits per heavy atom. The van der Waals surface area contributed by atoms with Crippen LogP contribution in [0.5, 0.6) is 23.0 Å². The van der Waals surface area contributed by atoms with Crippen molar-refractivity contribution < 1.29 is 23.7 Å². The van der Waals surface area contributed by atoms with Crippen molar-refractivity contribution in [1.82, 2.24) is 5.43 Å². The van der Waals surface area contributed by atoms with E-state index in [2.05, 4.69) is 10.5 Å². The molecule has 0 atom stereocenters. The Labute approximate surface area is 201 Å². The predicted molar refractivity (Wildman–Crippen MR) is 128 cm³/mol. The SMILES string of the molecule is COc1ccc(C(=O)N/N=C/c2cc(Cl)c(OCc3ccccc3Cl)c(OC)c2)cc1OC. The van der Waals surface area contributed by atoms with Gasteiger partial charge in [-0.15, -0.1) is 0 Å². The molecule has 9 heteroatoms. The molecule has 0 bridgehead atoms. The number of hydrogen-bond donors (Lipinski definition) is 1. The van der Waals surface area contributed by atoms with Gasteiger partial charge in [0.2, 0.25) is 0 Å². The minimum atomic E-state index is -0.412. The monoisotopic (exact) mass is 488 g/mol. The quantitative estimate of drug-likeness (QED) is 0.323. The van der Waals surface area contributed by atoms with E-state index in [9.17, 15) is 4.79 Å². The van der Waals surface area contributed by atoms with E-state index in [0.717, 1.165) is 5.56 Å². The molecule has 1 N–H and O–H groups in total. The Kier molecular flexibility index (Phi) is 8.40. The van der Waals surface area contributed by atoms with E-state index in [1.54, 1.807) is 36.4 Å². The fourth-order valence-electron chi connectivity index (χ4n) is 2.93. The fraction of sp³-hybridized carbons (Fsp3) is 0.167. The molecule has 0 spiro atoms. The van der Waals surface area contributed by atoms with Crippen LogP contribution in [0.2, 0.25) is 10.0 Å². The number of carbonyl (C=O) groups is 1. The molecule has 172 valence electrons. The van der Waals surface area contributed by atoms with Crippen molar-refractivity contribution in [3.8, 4) is 23.0 Å². The molecule has 0 heterocycles. The van der Waals surface area contributed by atoms with E-state index >= 15 is 0 Å². The number of hydrazone groups is 1. The third-order valence-corrected chi connectivity index (χ3v) is 5.26. The summed E-state index contributed by atoms with van der Waals surface area (Å²) >= 11 is 12.6. The maximum atomic E-state index is 12.4. The molecule has 0 aromatic heterocycles. The summed E-state index contributed by atoms with van der Waals surface area (Å²) in [6, 6.07) is 15.5. The van der Waals surface area contributed by atoms with Gasteiger partial charge in [-0.1, -0.05) is 41.4 Å². The van der Waals surface area contributed by atoms with Crippen LogP contribution in [-0.4, -0.2) is 33.5 Å². The molecule has 3 aromatic rings. The lowest BCUT2D eigenvalue weighted by Crippen LogP contribution is -2.17. The molecular weight excluding hydrogens is 467 g/mol. The van der Waals surface area contributed by atoms with Gasteiger partial charge in [-0.3, -0.25) is 4.79 Å². The Morgan fingerprint density at radius 2 is 1.64 bits per heavy atom. The van der Waals surface area contributed by atoms with Gasteiger partial charge in [0.25, 0.3) is 5.91 Å². The Bertz CT molecular complexity index is 1170. The van der Waals surface area contributed by atoms with E-state index in [0.29, 0.717) is 44.2 Å². The summed E-state index contributed by atoms with van der Waals surface area (Å²) in [6.45, 7) is 0.227. The number of nitrogens with one attached hydrogen (secondary N) is 1. The van der Waals surface area contributed by atoms with Gasteiger partial charge in [-0.25, -0.2) is 5.43 Å². The van der Waals surface area contributed by atoms with Crippen LogP contribution in [0.3, 0.4) is 0 Å². The number of methoxy groups -OCH3 is 3. The van der Waals surface area contributed by atoms with Gasteiger partial charge in [0, 0.05) is 16.1 Å². The average molecular weight is 489 g/mol. The highest BCUT2D eigenvalue weighted by molar-refractivity contribution is 6.32. The van der Waals surface area contributed by atoms with Crippen molar-refractivity contribution >= 4 is 35.3 Å². The zero-order valence-corrected chi connectivity index (χ0v) is 19.7. The Balaban J connectivity index is 1.70. The van der Waals surface area contributed by atoms with Gasteiger partial charge in [-0.05, 0) is 42.0 Å². The number of ether oxygens (including phenoxy) is 4. The lowest BCUT2D eigenvalue weighted by atomic mass is 10.2. The predicted octanol–water partition coefficient (Wildman–Crippen LogP) is 5.36. The van der Waals surface area contributed by atoms with Crippen molar-refractivity contribution in [2.75, 3.05) is 21.3 Å². The molecule has 0 aliphatic heterocycles. The third kappa shape index (κ3) is 6.09. The van der Waals surface area contributed by atoms with Crippen LogP contribution in [0.15, 0.2) is 59.7 Å². The smallest absolute Gasteiger partial charge is 0.271 e. The first kappa shape index (κ1) is 24.2. The van der Waals surface area contributed by atoms with Gasteiger partial charge in [0.05, 0.1) is 32.6 Å². The second-order valence-corrected chi connectivity index (χ2v) is 7.50. The van der Waals surface area contributed by atoms with Crippen molar-refractivity contribution in [1.29, 1.82) is 0 Å². The lowest BCUT2D eigenvalue weighted by molar-refractivity contribution is 0.0954. The molecule has 3 rings (SSSR count). The number of benzene rings is 3. The molecule has 0 aliphatic carbocycles. The zero-order valence-electron chi connectivity index (χ0n) is 18.2. The molecule has 0 saturated heterocycles. The van der Waals surface area contributed by atoms with E-state index in [1.807, 2.05) is 18.2 Å². The first-order valence-electron chi connectivity index (χ1n) is 9.76. The number of hydrogen-bond acceptors (Lipinski definition) is 6. The standard InChI is InChI=1S/C24H22Cl2N2O5/c1-30-20-9-8-16(12-21(20)31-2)24(29)28-27-13-15-10-19(26)23(22(11-15)32-3)33-14-17-6-4-5-7-18(17)25/h4-13H,14H2,1-3H3,(H,28,29)/b27-13+. The molecule has 0 unspecified atom stereocenters. The minimum Gasteiger partial charge on any atom is -0.493 e. The summed E-state index contributed by atoms with van der Waals surface area (Å²) in [7, 11) is 4.53. The fourth-order valence-corrected chi connectivity index (χ4v) is 3.39. The van der Waals surface area contributed by atoms with Crippen LogP contribution in [0.25, 0.3) is 0 Å². The molecule has 3 aromatic carbocycles. The van der Waals surface area contributed by atoms with E-state index in [1.165, 1.54) is 27.5 Å². The maximum Gasteiger partial charge on any atom is 0.271 e. The summed E-state index contributed by atoms with van der Waals surface area (Å²) in [5.41, 5.74) is 4.26. The number of amides is 1. The van der Waals surface area contributed by atoms with Crippen LogP contribution < -0.4 is 24.4 Å². The summed E-state index contributed by atoms with van der Waals surface area (Å²) in [5.74, 6) is 1.35. The second kappa shape index (κ2) is 11.4. The zero-order chi connectivity index (χ0) is 23.8. The molecule has 0 saturated carbocycles. The molecule has 1 amide bonds. The highest BCUT2D eigenvalue weighted by atomic mass is 35.5. The largest absolute Gasteiger partial charge is 0.493 e. The highest BCUT2D eigenvalue weighted by Crippen LogP contribution is 2.37. The summed E-state index contributed by atoms with van der Waals surface area (Å²) in [4.78, 5) is 12.4. The number of nitrogens with zero attached hydrogens (tertiary/aromatic N) is 1. The third-order valence-electron chi connectivity index (χ3n) is 4.61. The molecule has 0 fully saturated rings. The maximum absolute atomic E-state index is 12.4. The van der Waals surface area contributed by atoms with Crippen molar-refractivity contribution in [3.63, 3.8) is 0 Å². The minimum absolute atomic E-state index is 0.227. The first-order chi connectivity index (χ1) is 16.0. The van der Waals surface area contributed by atoms with Crippen LogP contribution in [-0.2, 0) is 6.61 Å². The number of halogens is 2. The van der Waals surface area contributed by atoms with E-state index in [4.69, 9.17) is 42.1 Å². The second-order valence-electron chi connectivity index (χ2n) is 6.68. The molecule has 0 aliphatic rings. The van der Waals surface area contributed by atoms with Gasteiger partial charge in [-0.2, -0.15) is 5.10 Å². The van der Waals surface area contributed by atoms with Gasteiger partial charge >= 0.3 is 0 Å². The van der Waals surface area contributed by atoms with E-state index < -0.39 is 5.91 Å². The average Bonchev–Trinajstić information content (AvgIpc) is 2.83. The Hall–Kier alpha value is -3.42. The topological polar surface area (TPSA) is 78.4 Å². The van der Waals surface area contributed by atoms with Crippen LogP contribution >= 0.6 is 23.2 Å². The molecular formula is C24H22Cl2N2O5. The number of rotatable bonds is 9. The van der Waals surface area contributed by atoms with Crippen molar-refractivity contribution in [3.05, 3.63) is 81.3 Å². The van der Waals surface area contributed by atoms with Crippen LogP contribution in [0.1, 0.15) is 21.5 Å². The van der Waals surface area contributed by atoms with Crippen molar-refractivity contribution in [2.24, 2.45) is 5.10 Å². The van der Waals surface area contributed by atoms with Gasteiger partial charge < -0.3 is 18.9 Å². The van der Waals surface area contributed by atoms with Crippen LogP contribution in [0.4, 0.5) is 0 Å². The number of carbonyl (C=O) groups excluding carboxylic acids is 1. The van der Waals surface area contributed by atoms with Gasteiger partial charge in [0.1, 0.15) is 6.61 Å². The summed E-state index contributed by atoms with van der Waals surface area (Å²) < 4.78 is 21.6. The van der Waals surface area contributed by atoms with Crippen molar-refractivity contribution in [2.45, 2.75) is 6.61 Å². The Morgan fingerprint density at radius 1 is 0.909 bits per heavy atom. The molecule has 7 nitrogen and oxygen atoms in total. The lowest BCUT2D eigenvalue weighted by Gasteiger charge is -2.14.